The van der Waals surface area contributed by atoms with Gasteiger partial charge in [0.15, 0.2) is 0 Å². The summed E-state index contributed by atoms with van der Waals surface area (Å²) in [6.45, 7) is 5.29. The van der Waals surface area contributed by atoms with Crippen LogP contribution in [0.2, 0.25) is 0 Å². The smallest absolute Gasteiger partial charge is 0.119 e. The third kappa shape index (κ3) is 3.82. The molecular weight excluding hydrogens is 274 g/mol. The molecule has 0 heterocycles. The van der Waals surface area contributed by atoms with Crippen molar-refractivity contribution in [3.63, 3.8) is 0 Å². The molecular formula is C19H29NO2. The van der Waals surface area contributed by atoms with Crippen LogP contribution < -0.4 is 10.1 Å². The van der Waals surface area contributed by atoms with E-state index in [0.717, 1.165) is 23.5 Å². The Hall–Kier alpha value is -1.06. The minimum absolute atomic E-state index is 0.347. The number of hydrogen-bond donors (Lipinski definition) is 2. The Bertz CT molecular complexity index is 473. The van der Waals surface area contributed by atoms with Gasteiger partial charge in [-0.2, -0.15) is 0 Å². The molecule has 122 valence electrons. The summed E-state index contributed by atoms with van der Waals surface area (Å²) in [4.78, 5) is 0. The van der Waals surface area contributed by atoms with Crippen LogP contribution in [-0.4, -0.2) is 30.4 Å². The minimum Gasteiger partial charge on any atom is -0.491 e. The molecule has 5 atom stereocenters. The van der Waals surface area contributed by atoms with Gasteiger partial charge < -0.3 is 15.2 Å². The Balaban J connectivity index is 1.37. The maximum Gasteiger partial charge on any atom is 0.119 e. The fourth-order valence-corrected chi connectivity index (χ4v) is 4.27. The molecule has 1 aromatic carbocycles. The Morgan fingerprint density at radius 3 is 2.64 bits per heavy atom. The topological polar surface area (TPSA) is 41.5 Å². The fraction of sp³-hybridized carbons (Fsp3) is 0.684. The van der Waals surface area contributed by atoms with Crippen molar-refractivity contribution in [2.75, 3.05) is 13.2 Å². The molecule has 3 nitrogen and oxygen atoms in total. The van der Waals surface area contributed by atoms with Gasteiger partial charge in [0, 0.05) is 12.6 Å². The van der Waals surface area contributed by atoms with Crippen molar-refractivity contribution < 1.29 is 9.84 Å². The van der Waals surface area contributed by atoms with Crippen molar-refractivity contribution in [2.24, 2.45) is 17.8 Å². The lowest BCUT2D eigenvalue weighted by Gasteiger charge is -2.29. The van der Waals surface area contributed by atoms with Crippen molar-refractivity contribution in [3.05, 3.63) is 29.8 Å². The van der Waals surface area contributed by atoms with Crippen LogP contribution in [0.4, 0.5) is 0 Å². The first kappa shape index (κ1) is 15.8. The van der Waals surface area contributed by atoms with Gasteiger partial charge >= 0.3 is 0 Å². The number of benzene rings is 1. The van der Waals surface area contributed by atoms with Crippen LogP contribution in [0.15, 0.2) is 24.3 Å². The van der Waals surface area contributed by atoms with E-state index < -0.39 is 6.10 Å². The van der Waals surface area contributed by atoms with Crippen LogP contribution in [0.5, 0.6) is 5.75 Å². The first-order valence-corrected chi connectivity index (χ1v) is 8.72. The second kappa shape index (κ2) is 7.01. The number of aryl methyl sites for hydroxylation is 1. The number of fused-ring (bicyclic) bond motifs is 2. The lowest BCUT2D eigenvalue weighted by atomic mass is 9.84. The monoisotopic (exact) mass is 303 g/mol. The highest BCUT2D eigenvalue weighted by atomic mass is 16.5. The number of nitrogens with one attached hydrogen (secondary N) is 1. The van der Waals surface area contributed by atoms with Gasteiger partial charge in [0.25, 0.3) is 0 Å². The SMILES string of the molecule is Cc1ccc(OCC(O)CNC(C)C2CC3CCC2C3)cc1. The number of rotatable bonds is 7. The Labute approximate surface area is 134 Å². The third-order valence-corrected chi connectivity index (χ3v) is 5.57. The number of ether oxygens (including phenoxy) is 1. The van der Waals surface area contributed by atoms with E-state index in [1.54, 1.807) is 0 Å². The molecule has 2 aliphatic carbocycles. The van der Waals surface area contributed by atoms with E-state index in [9.17, 15) is 5.11 Å². The van der Waals surface area contributed by atoms with Crippen LogP contribution in [0.1, 0.15) is 38.2 Å². The van der Waals surface area contributed by atoms with Gasteiger partial charge in [0.2, 0.25) is 0 Å². The first-order valence-electron chi connectivity index (χ1n) is 8.72. The molecule has 2 fully saturated rings. The van der Waals surface area contributed by atoms with Gasteiger partial charge in [-0.25, -0.2) is 0 Å². The van der Waals surface area contributed by atoms with Crippen molar-refractivity contribution in [1.82, 2.24) is 5.32 Å². The van der Waals surface area contributed by atoms with Gasteiger partial charge in [-0.15, -0.1) is 0 Å². The molecule has 3 rings (SSSR count). The van der Waals surface area contributed by atoms with Crippen LogP contribution in [0.25, 0.3) is 0 Å². The largest absolute Gasteiger partial charge is 0.491 e. The van der Waals surface area contributed by atoms with Gasteiger partial charge in [0.1, 0.15) is 18.5 Å². The van der Waals surface area contributed by atoms with Gasteiger partial charge in [-0.05, 0) is 63.0 Å². The quantitative estimate of drug-likeness (QED) is 0.813. The van der Waals surface area contributed by atoms with Gasteiger partial charge in [-0.3, -0.25) is 0 Å². The molecule has 0 spiro atoms. The number of aliphatic hydroxyl groups excluding tert-OH is 1. The molecule has 0 aromatic heterocycles. The van der Waals surface area contributed by atoms with Crippen molar-refractivity contribution >= 4 is 0 Å². The van der Waals surface area contributed by atoms with E-state index in [0.29, 0.717) is 19.2 Å². The van der Waals surface area contributed by atoms with Crippen molar-refractivity contribution in [1.29, 1.82) is 0 Å². The molecule has 22 heavy (non-hydrogen) atoms. The highest BCUT2D eigenvalue weighted by Gasteiger charge is 2.41. The predicted molar refractivity (Wildman–Crippen MR) is 89.1 cm³/mol. The van der Waals surface area contributed by atoms with Crippen LogP contribution in [0, 0.1) is 24.7 Å². The molecule has 3 heteroatoms. The standard InChI is InChI=1S/C19H29NO2/c1-13-3-7-18(8-4-13)22-12-17(21)11-20-14(2)19-10-15-5-6-16(19)9-15/h3-4,7-8,14-17,19-21H,5-6,9-12H2,1-2H3. The summed E-state index contributed by atoms with van der Waals surface area (Å²) in [5, 5.41) is 13.6. The molecule has 5 unspecified atom stereocenters. The average Bonchev–Trinajstić information content (AvgIpc) is 3.15. The zero-order valence-corrected chi connectivity index (χ0v) is 13.8. The van der Waals surface area contributed by atoms with E-state index in [-0.39, 0.29) is 0 Å². The summed E-state index contributed by atoms with van der Waals surface area (Å²) in [5.41, 5.74) is 1.22. The molecule has 2 aliphatic rings. The minimum atomic E-state index is -0.456. The summed E-state index contributed by atoms with van der Waals surface area (Å²) in [6.07, 6.45) is 5.23. The van der Waals surface area contributed by atoms with Crippen molar-refractivity contribution in [2.45, 2.75) is 51.7 Å². The molecule has 0 aliphatic heterocycles. The second-order valence-corrected chi connectivity index (χ2v) is 7.31. The van der Waals surface area contributed by atoms with E-state index in [1.807, 2.05) is 24.3 Å². The summed E-state index contributed by atoms with van der Waals surface area (Å²) in [6, 6.07) is 8.46. The molecule has 2 saturated carbocycles. The normalized spacial score (nSPS) is 29.5. The number of aliphatic hydroxyl groups is 1. The van der Waals surface area contributed by atoms with E-state index in [2.05, 4.69) is 19.2 Å². The van der Waals surface area contributed by atoms with Gasteiger partial charge in [0.05, 0.1) is 0 Å². The molecule has 2 N–H and O–H groups in total. The average molecular weight is 303 g/mol. The predicted octanol–water partition coefficient (Wildman–Crippen LogP) is 3.15. The maximum absolute atomic E-state index is 10.1. The molecule has 1 aromatic rings. The summed E-state index contributed by atoms with van der Waals surface area (Å²) < 4.78 is 5.64. The van der Waals surface area contributed by atoms with E-state index >= 15 is 0 Å². The Morgan fingerprint density at radius 1 is 1.23 bits per heavy atom. The summed E-state index contributed by atoms with van der Waals surface area (Å²) in [7, 11) is 0. The zero-order chi connectivity index (χ0) is 15.5. The highest BCUT2D eigenvalue weighted by Crippen LogP contribution is 2.49. The first-order chi connectivity index (χ1) is 10.6. The second-order valence-electron chi connectivity index (χ2n) is 7.31. The van der Waals surface area contributed by atoms with Gasteiger partial charge in [-0.1, -0.05) is 24.1 Å². The fourth-order valence-electron chi connectivity index (χ4n) is 4.27. The zero-order valence-electron chi connectivity index (χ0n) is 13.8. The lowest BCUT2D eigenvalue weighted by molar-refractivity contribution is 0.0993. The van der Waals surface area contributed by atoms with Crippen LogP contribution in [0.3, 0.4) is 0 Å². The molecule has 2 bridgehead atoms. The summed E-state index contributed by atoms with van der Waals surface area (Å²) >= 11 is 0. The third-order valence-electron chi connectivity index (χ3n) is 5.57. The maximum atomic E-state index is 10.1. The molecule has 0 radical (unpaired) electrons. The van der Waals surface area contributed by atoms with Crippen molar-refractivity contribution in [3.8, 4) is 5.75 Å². The highest BCUT2D eigenvalue weighted by molar-refractivity contribution is 5.26. The van der Waals surface area contributed by atoms with E-state index in [4.69, 9.17) is 4.74 Å². The molecule has 0 amide bonds. The number of hydrogen-bond acceptors (Lipinski definition) is 3. The molecule has 0 saturated heterocycles. The Kier molecular flexibility index (Phi) is 5.04. The van der Waals surface area contributed by atoms with Crippen LogP contribution in [-0.2, 0) is 0 Å². The Morgan fingerprint density at radius 2 is 2.00 bits per heavy atom. The summed E-state index contributed by atoms with van der Waals surface area (Å²) in [5.74, 6) is 3.54. The van der Waals surface area contributed by atoms with Crippen LogP contribution >= 0.6 is 0 Å². The lowest BCUT2D eigenvalue weighted by Crippen LogP contribution is -2.41. The van der Waals surface area contributed by atoms with E-state index in [1.165, 1.54) is 31.2 Å².